The molecular weight excluding hydrogens is 352 g/mol. The Morgan fingerprint density at radius 2 is 2.15 bits per heavy atom. The predicted molar refractivity (Wildman–Crippen MR) is 98.5 cm³/mol. The standard InChI is InChI=1S/C17H18N6O2S/c1-8-5-19-12(9(2)14(8)25-3)6-23-15-13-11(22-23)4-10(24)7-26-16(13)21-17(18)20-15/h5H,4,6-7H2,1-3H3,(H2,18,20,21). The summed E-state index contributed by atoms with van der Waals surface area (Å²) in [6, 6.07) is 0. The van der Waals surface area contributed by atoms with E-state index in [4.69, 9.17) is 10.5 Å². The smallest absolute Gasteiger partial charge is 0.223 e. The van der Waals surface area contributed by atoms with E-state index in [9.17, 15) is 4.79 Å². The van der Waals surface area contributed by atoms with E-state index in [0.29, 0.717) is 28.7 Å². The van der Waals surface area contributed by atoms with E-state index in [2.05, 4.69) is 20.1 Å². The first-order chi connectivity index (χ1) is 12.5. The van der Waals surface area contributed by atoms with Crippen LogP contribution < -0.4 is 10.5 Å². The number of nitrogens with zero attached hydrogens (tertiary/aromatic N) is 5. The Labute approximate surface area is 154 Å². The molecule has 1 aliphatic rings. The number of ether oxygens (including phenoxy) is 1. The third kappa shape index (κ3) is 2.68. The van der Waals surface area contributed by atoms with Crippen molar-refractivity contribution in [2.45, 2.75) is 31.8 Å². The lowest BCUT2D eigenvalue weighted by atomic mass is 10.1. The fourth-order valence-corrected chi connectivity index (χ4v) is 4.14. The lowest BCUT2D eigenvalue weighted by Crippen LogP contribution is -2.10. The van der Waals surface area contributed by atoms with Crippen LogP contribution in [0.15, 0.2) is 11.2 Å². The molecule has 0 atom stereocenters. The minimum Gasteiger partial charge on any atom is -0.496 e. The molecule has 134 valence electrons. The second kappa shape index (κ2) is 6.24. The van der Waals surface area contributed by atoms with Gasteiger partial charge in [0, 0.05) is 17.3 Å². The predicted octanol–water partition coefficient (Wildman–Crippen LogP) is 1.69. The number of nitrogens with two attached hydrogens (primary N) is 1. The van der Waals surface area contributed by atoms with E-state index < -0.39 is 0 Å². The number of anilines is 1. The van der Waals surface area contributed by atoms with Crippen molar-refractivity contribution in [1.82, 2.24) is 24.7 Å². The van der Waals surface area contributed by atoms with Crippen molar-refractivity contribution >= 4 is 34.5 Å². The van der Waals surface area contributed by atoms with Crippen LogP contribution in [0.3, 0.4) is 0 Å². The number of ketones is 1. The lowest BCUT2D eigenvalue weighted by molar-refractivity contribution is -0.116. The van der Waals surface area contributed by atoms with Crippen LogP contribution in [0.25, 0.3) is 11.0 Å². The monoisotopic (exact) mass is 370 g/mol. The molecule has 0 amide bonds. The summed E-state index contributed by atoms with van der Waals surface area (Å²) in [5.41, 5.74) is 9.97. The molecule has 0 saturated heterocycles. The quantitative estimate of drug-likeness (QED) is 0.694. The molecule has 4 rings (SSSR count). The van der Waals surface area contributed by atoms with Crippen LogP contribution >= 0.6 is 11.8 Å². The highest BCUT2D eigenvalue weighted by Crippen LogP contribution is 2.33. The van der Waals surface area contributed by atoms with Crippen molar-refractivity contribution in [1.29, 1.82) is 0 Å². The van der Waals surface area contributed by atoms with E-state index in [1.807, 2.05) is 13.8 Å². The summed E-state index contributed by atoms with van der Waals surface area (Å²) in [6.07, 6.45) is 2.06. The number of nitrogen functional groups attached to an aromatic ring is 1. The maximum Gasteiger partial charge on any atom is 0.223 e. The van der Waals surface area contributed by atoms with Crippen LogP contribution in [0.5, 0.6) is 5.75 Å². The maximum absolute atomic E-state index is 12.0. The van der Waals surface area contributed by atoms with Crippen molar-refractivity contribution in [2.24, 2.45) is 0 Å². The summed E-state index contributed by atoms with van der Waals surface area (Å²) in [4.78, 5) is 25.2. The van der Waals surface area contributed by atoms with Gasteiger partial charge in [0.1, 0.15) is 16.6 Å². The average Bonchev–Trinajstić information content (AvgIpc) is 2.83. The molecule has 4 heterocycles. The van der Waals surface area contributed by atoms with Gasteiger partial charge in [0.2, 0.25) is 5.95 Å². The van der Waals surface area contributed by atoms with Crippen molar-refractivity contribution in [3.8, 4) is 5.75 Å². The van der Waals surface area contributed by atoms with Crippen LogP contribution in [0.4, 0.5) is 5.95 Å². The van der Waals surface area contributed by atoms with Gasteiger partial charge in [0.05, 0.1) is 42.6 Å². The number of carbonyl (C=O) groups excluding carboxylic acids is 1. The summed E-state index contributed by atoms with van der Waals surface area (Å²) >= 11 is 1.39. The molecule has 0 fully saturated rings. The maximum atomic E-state index is 12.0. The van der Waals surface area contributed by atoms with Gasteiger partial charge < -0.3 is 10.5 Å². The molecule has 9 heteroatoms. The minimum atomic E-state index is 0.115. The SMILES string of the molecule is COc1c(C)cnc(Cn2nc3c4c(nc(N)nc42)SCC(=O)C3)c1C. The molecule has 3 aromatic heterocycles. The average molecular weight is 370 g/mol. The van der Waals surface area contributed by atoms with Gasteiger partial charge in [0.15, 0.2) is 5.65 Å². The third-order valence-electron chi connectivity index (χ3n) is 4.43. The van der Waals surface area contributed by atoms with Gasteiger partial charge in [-0.2, -0.15) is 10.1 Å². The van der Waals surface area contributed by atoms with Gasteiger partial charge in [-0.15, -0.1) is 0 Å². The molecule has 0 unspecified atom stereocenters. The molecule has 0 bridgehead atoms. The zero-order chi connectivity index (χ0) is 18.4. The van der Waals surface area contributed by atoms with Gasteiger partial charge in [-0.1, -0.05) is 11.8 Å². The van der Waals surface area contributed by atoms with Crippen molar-refractivity contribution < 1.29 is 9.53 Å². The molecule has 0 spiro atoms. The van der Waals surface area contributed by atoms with Crippen molar-refractivity contribution in [2.75, 3.05) is 18.6 Å². The summed E-state index contributed by atoms with van der Waals surface area (Å²) in [6.45, 7) is 4.34. The first kappa shape index (κ1) is 16.8. The number of carbonyl (C=O) groups is 1. The normalized spacial score (nSPS) is 13.9. The molecule has 8 nitrogen and oxygen atoms in total. The second-order valence-corrected chi connectivity index (χ2v) is 7.20. The van der Waals surface area contributed by atoms with E-state index >= 15 is 0 Å². The van der Waals surface area contributed by atoms with E-state index in [-0.39, 0.29) is 18.2 Å². The molecule has 0 aliphatic carbocycles. The first-order valence-electron chi connectivity index (χ1n) is 8.14. The number of aromatic nitrogens is 5. The highest BCUT2D eigenvalue weighted by atomic mass is 32.2. The second-order valence-electron chi connectivity index (χ2n) is 6.24. The molecule has 0 saturated carbocycles. The van der Waals surface area contributed by atoms with E-state index in [1.54, 1.807) is 18.0 Å². The van der Waals surface area contributed by atoms with E-state index in [0.717, 1.165) is 28.0 Å². The lowest BCUT2D eigenvalue weighted by Gasteiger charge is -2.12. The number of aryl methyl sites for hydroxylation is 1. The van der Waals surface area contributed by atoms with Crippen molar-refractivity contribution in [3.63, 3.8) is 0 Å². The number of rotatable bonds is 3. The Bertz CT molecular complexity index is 1050. The summed E-state index contributed by atoms with van der Waals surface area (Å²) < 4.78 is 7.23. The van der Waals surface area contributed by atoms with Gasteiger partial charge in [-0.25, -0.2) is 9.67 Å². The fourth-order valence-electron chi connectivity index (χ4n) is 3.22. The topological polar surface area (TPSA) is 109 Å². The number of hydrogen-bond acceptors (Lipinski definition) is 8. The Hall–Kier alpha value is -2.68. The Balaban J connectivity index is 1.86. The summed E-state index contributed by atoms with van der Waals surface area (Å²) in [7, 11) is 1.65. The van der Waals surface area contributed by atoms with Gasteiger partial charge >= 0.3 is 0 Å². The van der Waals surface area contributed by atoms with Crippen LogP contribution in [0.1, 0.15) is 22.5 Å². The zero-order valence-corrected chi connectivity index (χ0v) is 15.6. The number of Topliss-reactive ketones (excluding diaryl/α,β-unsaturated/α-hetero) is 1. The van der Waals surface area contributed by atoms with Crippen LogP contribution in [0, 0.1) is 13.8 Å². The Kier molecular flexibility index (Phi) is 4.03. The number of hydrogen-bond donors (Lipinski definition) is 1. The third-order valence-corrected chi connectivity index (χ3v) is 5.47. The molecule has 1 aliphatic heterocycles. The van der Waals surface area contributed by atoms with Crippen LogP contribution in [-0.2, 0) is 17.8 Å². The molecule has 3 aromatic rings. The largest absolute Gasteiger partial charge is 0.496 e. The zero-order valence-electron chi connectivity index (χ0n) is 14.7. The summed E-state index contributed by atoms with van der Waals surface area (Å²) in [5, 5.41) is 6.15. The Morgan fingerprint density at radius 3 is 2.92 bits per heavy atom. The molecule has 2 N–H and O–H groups in total. The molecular formula is C17H18N6O2S. The number of thioether (sulfide) groups is 1. The number of pyridine rings is 1. The molecule has 0 radical (unpaired) electrons. The Morgan fingerprint density at radius 1 is 1.35 bits per heavy atom. The van der Waals surface area contributed by atoms with Crippen LogP contribution in [-0.4, -0.2) is 43.4 Å². The van der Waals surface area contributed by atoms with Gasteiger partial charge in [-0.3, -0.25) is 9.78 Å². The minimum absolute atomic E-state index is 0.115. The van der Waals surface area contributed by atoms with Crippen LogP contribution in [0.2, 0.25) is 0 Å². The first-order valence-corrected chi connectivity index (χ1v) is 9.13. The highest BCUT2D eigenvalue weighted by Gasteiger charge is 2.24. The van der Waals surface area contributed by atoms with E-state index in [1.165, 1.54) is 11.8 Å². The van der Waals surface area contributed by atoms with Gasteiger partial charge in [0.25, 0.3) is 0 Å². The molecule has 26 heavy (non-hydrogen) atoms. The van der Waals surface area contributed by atoms with Gasteiger partial charge in [-0.05, 0) is 13.8 Å². The number of methoxy groups -OCH3 is 1. The highest BCUT2D eigenvalue weighted by molar-refractivity contribution is 8.00. The fraction of sp³-hybridized carbons (Fsp3) is 0.353. The van der Waals surface area contributed by atoms with Crippen molar-refractivity contribution in [3.05, 3.63) is 28.7 Å². The summed E-state index contributed by atoms with van der Waals surface area (Å²) in [5.74, 6) is 1.48. The molecule has 0 aromatic carbocycles.